The molecule has 0 bridgehead atoms. The quantitative estimate of drug-likeness (QED) is 0.406. The van der Waals surface area contributed by atoms with Crippen molar-refractivity contribution in [2.45, 2.75) is 58.5 Å². The first-order chi connectivity index (χ1) is 16.0. The van der Waals surface area contributed by atoms with Crippen molar-refractivity contribution in [2.24, 2.45) is 5.41 Å². The summed E-state index contributed by atoms with van der Waals surface area (Å²) in [6.45, 7) is 11.4. The van der Waals surface area contributed by atoms with Gasteiger partial charge in [-0.15, -0.1) is 0 Å². The lowest BCUT2D eigenvalue weighted by Crippen LogP contribution is -2.23. The van der Waals surface area contributed by atoms with Crippen LogP contribution in [0.2, 0.25) is 0 Å². The number of rotatable bonds is 6. The highest BCUT2D eigenvalue weighted by atomic mass is 32.2. The molecule has 0 aliphatic carbocycles. The standard InChI is InChI=1S/C27H32N2O3S2/c1-18-10-9-11-19(2)23(18)24-25(20-14-15-32-21(16-20)17-27(3,4)5)33-26(28-24)29-34(30,31)22-12-7-6-8-13-22/h6-13,16,21H,14-15,17H2,1-5H3,(H,28,29). The number of anilines is 1. The van der Waals surface area contributed by atoms with Crippen LogP contribution in [0.15, 0.2) is 59.5 Å². The molecular formula is C27H32N2O3S2. The summed E-state index contributed by atoms with van der Waals surface area (Å²) < 4.78 is 34.8. The van der Waals surface area contributed by atoms with Crippen LogP contribution in [-0.2, 0) is 14.8 Å². The van der Waals surface area contributed by atoms with Crippen LogP contribution in [0.5, 0.6) is 0 Å². The number of sulfonamides is 1. The summed E-state index contributed by atoms with van der Waals surface area (Å²) in [7, 11) is -3.73. The molecule has 1 aromatic heterocycles. The summed E-state index contributed by atoms with van der Waals surface area (Å²) in [5, 5.41) is 0.372. The van der Waals surface area contributed by atoms with Gasteiger partial charge in [0, 0.05) is 5.56 Å². The molecule has 0 radical (unpaired) electrons. The Morgan fingerprint density at radius 1 is 1.06 bits per heavy atom. The van der Waals surface area contributed by atoms with Gasteiger partial charge in [0.25, 0.3) is 10.0 Å². The van der Waals surface area contributed by atoms with Crippen LogP contribution in [0.1, 0.15) is 49.6 Å². The fraction of sp³-hybridized carbons (Fsp3) is 0.370. The maximum absolute atomic E-state index is 13.0. The Hall–Kier alpha value is -2.48. The third-order valence-corrected chi connectivity index (χ3v) is 8.35. The number of ether oxygens (including phenoxy) is 1. The fourth-order valence-electron chi connectivity index (χ4n) is 4.30. The Kier molecular flexibility index (Phi) is 6.99. The number of hydrogen-bond acceptors (Lipinski definition) is 5. The smallest absolute Gasteiger partial charge is 0.263 e. The second-order valence-electron chi connectivity index (χ2n) is 10.00. The molecule has 180 valence electrons. The largest absolute Gasteiger partial charge is 0.374 e. The van der Waals surface area contributed by atoms with Gasteiger partial charge in [0.15, 0.2) is 5.13 Å². The molecule has 0 saturated heterocycles. The van der Waals surface area contributed by atoms with Crippen molar-refractivity contribution < 1.29 is 13.2 Å². The van der Waals surface area contributed by atoms with E-state index in [4.69, 9.17) is 9.72 Å². The van der Waals surface area contributed by atoms with Crippen molar-refractivity contribution in [2.75, 3.05) is 11.3 Å². The Morgan fingerprint density at radius 2 is 1.74 bits per heavy atom. The Balaban J connectivity index is 1.80. The van der Waals surface area contributed by atoms with Gasteiger partial charge < -0.3 is 4.74 Å². The maximum Gasteiger partial charge on any atom is 0.263 e. The molecule has 2 aromatic carbocycles. The number of nitrogens with one attached hydrogen (secondary N) is 1. The van der Waals surface area contributed by atoms with E-state index < -0.39 is 10.0 Å². The highest BCUT2D eigenvalue weighted by molar-refractivity contribution is 7.93. The van der Waals surface area contributed by atoms with Crippen molar-refractivity contribution in [1.29, 1.82) is 0 Å². The molecule has 34 heavy (non-hydrogen) atoms. The molecule has 0 spiro atoms. The van der Waals surface area contributed by atoms with Crippen LogP contribution in [0.4, 0.5) is 5.13 Å². The fourth-order valence-corrected chi connectivity index (χ4v) is 6.58. The van der Waals surface area contributed by atoms with Crippen LogP contribution in [0.25, 0.3) is 16.8 Å². The van der Waals surface area contributed by atoms with Gasteiger partial charge in [-0.2, -0.15) is 0 Å². The zero-order valence-electron chi connectivity index (χ0n) is 20.4. The molecule has 0 saturated carbocycles. The summed E-state index contributed by atoms with van der Waals surface area (Å²) in [6, 6.07) is 14.6. The van der Waals surface area contributed by atoms with Gasteiger partial charge in [-0.1, -0.05) is 74.6 Å². The predicted octanol–water partition coefficient (Wildman–Crippen LogP) is 6.84. The number of hydrogen-bond donors (Lipinski definition) is 1. The molecule has 5 nitrogen and oxygen atoms in total. The van der Waals surface area contributed by atoms with Gasteiger partial charge >= 0.3 is 0 Å². The summed E-state index contributed by atoms with van der Waals surface area (Å²) in [6.07, 6.45) is 3.92. The van der Waals surface area contributed by atoms with E-state index in [0.717, 1.165) is 40.1 Å². The highest BCUT2D eigenvalue weighted by Crippen LogP contribution is 2.42. The number of aromatic nitrogens is 1. The molecule has 1 N–H and O–H groups in total. The molecule has 1 unspecified atom stereocenters. The number of nitrogens with zero attached hydrogens (tertiary/aromatic N) is 1. The molecule has 1 aliphatic rings. The second-order valence-corrected chi connectivity index (χ2v) is 12.7. The first kappa shape index (κ1) is 24.6. The van der Waals surface area contributed by atoms with Gasteiger partial charge in [-0.05, 0) is 60.9 Å². The van der Waals surface area contributed by atoms with Crippen molar-refractivity contribution in [1.82, 2.24) is 4.98 Å². The van der Waals surface area contributed by atoms with Crippen LogP contribution in [0.3, 0.4) is 0 Å². The molecule has 7 heteroatoms. The SMILES string of the molecule is Cc1cccc(C)c1-c1nc(NS(=O)(=O)c2ccccc2)sc1C1=CC(CC(C)(C)C)OCC1. The molecule has 0 amide bonds. The van der Waals surface area contributed by atoms with Crippen LogP contribution in [0, 0.1) is 19.3 Å². The minimum Gasteiger partial charge on any atom is -0.374 e. The van der Waals surface area contributed by atoms with E-state index >= 15 is 0 Å². The third-order valence-electron chi connectivity index (χ3n) is 5.82. The lowest BCUT2D eigenvalue weighted by molar-refractivity contribution is 0.0543. The van der Waals surface area contributed by atoms with Crippen molar-refractivity contribution in [3.05, 3.63) is 70.6 Å². The lowest BCUT2D eigenvalue weighted by atomic mass is 9.87. The third kappa shape index (κ3) is 5.59. The highest BCUT2D eigenvalue weighted by Gasteiger charge is 2.26. The van der Waals surface area contributed by atoms with Gasteiger partial charge in [-0.3, -0.25) is 4.72 Å². The normalized spacial score (nSPS) is 16.9. The summed E-state index contributed by atoms with van der Waals surface area (Å²) in [5.74, 6) is 0. The monoisotopic (exact) mass is 496 g/mol. The van der Waals surface area contributed by atoms with Crippen LogP contribution in [-0.4, -0.2) is 26.1 Å². The second kappa shape index (κ2) is 9.64. The van der Waals surface area contributed by atoms with Gasteiger partial charge in [0.05, 0.1) is 28.2 Å². The van der Waals surface area contributed by atoms with E-state index in [1.54, 1.807) is 30.3 Å². The molecule has 3 aromatic rings. The van der Waals surface area contributed by atoms with E-state index in [0.29, 0.717) is 11.7 Å². The molecule has 4 rings (SSSR count). The Morgan fingerprint density at radius 3 is 2.38 bits per heavy atom. The summed E-state index contributed by atoms with van der Waals surface area (Å²) in [5.41, 5.74) is 5.42. The lowest BCUT2D eigenvalue weighted by Gasteiger charge is -2.28. The van der Waals surface area contributed by atoms with E-state index in [-0.39, 0.29) is 16.4 Å². The van der Waals surface area contributed by atoms with Gasteiger partial charge in [-0.25, -0.2) is 13.4 Å². The summed E-state index contributed by atoms with van der Waals surface area (Å²) in [4.78, 5) is 6.06. The van der Waals surface area contributed by atoms with Gasteiger partial charge in [0.2, 0.25) is 0 Å². The minimum absolute atomic E-state index is 0.0288. The molecule has 2 heterocycles. The predicted molar refractivity (Wildman–Crippen MR) is 141 cm³/mol. The van der Waals surface area contributed by atoms with Gasteiger partial charge in [0.1, 0.15) is 0 Å². The molecule has 1 aliphatic heterocycles. The Bertz CT molecular complexity index is 1280. The van der Waals surface area contributed by atoms with E-state index in [9.17, 15) is 8.42 Å². The van der Waals surface area contributed by atoms with Crippen LogP contribution >= 0.6 is 11.3 Å². The van der Waals surface area contributed by atoms with Crippen molar-refractivity contribution in [3.63, 3.8) is 0 Å². The van der Waals surface area contributed by atoms with E-state index in [2.05, 4.69) is 57.5 Å². The van der Waals surface area contributed by atoms with E-state index in [1.165, 1.54) is 16.9 Å². The average molecular weight is 497 g/mol. The number of thiazole rings is 1. The van der Waals surface area contributed by atoms with Crippen molar-refractivity contribution in [3.8, 4) is 11.3 Å². The first-order valence-electron chi connectivity index (χ1n) is 11.5. The zero-order valence-corrected chi connectivity index (χ0v) is 22.0. The Labute approximate surface area is 207 Å². The summed E-state index contributed by atoms with van der Waals surface area (Å²) >= 11 is 1.39. The molecular weight excluding hydrogens is 464 g/mol. The topological polar surface area (TPSA) is 68.3 Å². The van der Waals surface area contributed by atoms with Crippen molar-refractivity contribution >= 4 is 32.1 Å². The minimum atomic E-state index is -3.73. The number of benzene rings is 2. The maximum atomic E-state index is 13.0. The number of aryl methyl sites for hydroxylation is 2. The molecule has 1 atom stereocenters. The first-order valence-corrected chi connectivity index (χ1v) is 13.8. The van der Waals surface area contributed by atoms with Crippen LogP contribution < -0.4 is 4.72 Å². The zero-order chi connectivity index (χ0) is 24.5. The molecule has 0 fully saturated rings. The average Bonchev–Trinajstić information content (AvgIpc) is 3.16. The van der Waals surface area contributed by atoms with E-state index in [1.807, 2.05) is 6.07 Å².